The minimum absolute atomic E-state index is 0.422. The van der Waals surface area contributed by atoms with Crippen LogP contribution in [0.1, 0.15) is 45.7 Å². The number of nitrogens with zero attached hydrogens (tertiary/aromatic N) is 1. The molecule has 1 aromatic rings. The summed E-state index contributed by atoms with van der Waals surface area (Å²) >= 11 is 0. The standard InChI is InChI=1S/C17H30N2/c1-6-18-17(16-10-8-7-9-11-16)13-19(5)15(4)12-14(2)3/h7-11,14-15,17-18H,6,12-13H2,1-5H3. The van der Waals surface area contributed by atoms with Gasteiger partial charge in [-0.15, -0.1) is 0 Å². The van der Waals surface area contributed by atoms with Gasteiger partial charge in [-0.3, -0.25) is 0 Å². The highest BCUT2D eigenvalue weighted by molar-refractivity contribution is 5.19. The average molecular weight is 262 g/mol. The largest absolute Gasteiger partial charge is 0.309 e. The summed E-state index contributed by atoms with van der Waals surface area (Å²) in [4.78, 5) is 2.47. The Morgan fingerprint density at radius 3 is 2.26 bits per heavy atom. The summed E-state index contributed by atoms with van der Waals surface area (Å²) in [5.74, 6) is 0.756. The van der Waals surface area contributed by atoms with Crippen LogP contribution in [-0.4, -0.2) is 31.1 Å². The Morgan fingerprint density at radius 1 is 1.11 bits per heavy atom. The van der Waals surface area contributed by atoms with Gasteiger partial charge < -0.3 is 10.2 Å². The first kappa shape index (κ1) is 16.2. The van der Waals surface area contributed by atoms with E-state index >= 15 is 0 Å². The van der Waals surface area contributed by atoms with E-state index in [1.807, 2.05) is 0 Å². The number of nitrogens with one attached hydrogen (secondary N) is 1. The molecule has 0 aromatic heterocycles. The van der Waals surface area contributed by atoms with Crippen LogP contribution in [0.5, 0.6) is 0 Å². The molecular weight excluding hydrogens is 232 g/mol. The van der Waals surface area contributed by atoms with Crippen LogP contribution in [0.2, 0.25) is 0 Å². The molecular formula is C17H30N2. The molecule has 1 aromatic carbocycles. The smallest absolute Gasteiger partial charge is 0.0449 e. The second-order valence-corrected chi connectivity index (χ2v) is 5.94. The Bertz CT molecular complexity index is 334. The molecule has 2 atom stereocenters. The molecule has 1 N–H and O–H groups in total. The van der Waals surface area contributed by atoms with Crippen LogP contribution in [0.3, 0.4) is 0 Å². The summed E-state index contributed by atoms with van der Waals surface area (Å²) in [6.07, 6.45) is 1.25. The minimum atomic E-state index is 0.422. The maximum atomic E-state index is 3.60. The van der Waals surface area contributed by atoms with Crippen molar-refractivity contribution in [2.75, 3.05) is 20.1 Å². The van der Waals surface area contributed by atoms with Gasteiger partial charge in [0.05, 0.1) is 0 Å². The quantitative estimate of drug-likeness (QED) is 0.768. The predicted octanol–water partition coefficient (Wildman–Crippen LogP) is 3.70. The normalized spacial score (nSPS) is 14.9. The van der Waals surface area contributed by atoms with Gasteiger partial charge in [-0.2, -0.15) is 0 Å². The van der Waals surface area contributed by atoms with Crippen molar-refractivity contribution >= 4 is 0 Å². The monoisotopic (exact) mass is 262 g/mol. The number of benzene rings is 1. The van der Waals surface area contributed by atoms with E-state index < -0.39 is 0 Å². The van der Waals surface area contributed by atoms with Gasteiger partial charge >= 0.3 is 0 Å². The molecule has 0 aliphatic rings. The molecule has 0 amide bonds. The summed E-state index contributed by atoms with van der Waals surface area (Å²) in [6, 6.07) is 11.8. The van der Waals surface area contributed by atoms with Gasteiger partial charge in [0.1, 0.15) is 0 Å². The fourth-order valence-electron chi connectivity index (χ4n) is 2.55. The summed E-state index contributed by atoms with van der Waals surface area (Å²) in [5.41, 5.74) is 1.38. The lowest BCUT2D eigenvalue weighted by Gasteiger charge is -2.30. The lowest BCUT2D eigenvalue weighted by molar-refractivity contribution is 0.206. The number of rotatable bonds is 8. The third kappa shape index (κ3) is 5.75. The van der Waals surface area contributed by atoms with Gasteiger partial charge in [0.15, 0.2) is 0 Å². The van der Waals surface area contributed by atoms with Crippen molar-refractivity contribution < 1.29 is 0 Å². The van der Waals surface area contributed by atoms with E-state index in [9.17, 15) is 0 Å². The van der Waals surface area contributed by atoms with Crippen molar-refractivity contribution in [1.82, 2.24) is 10.2 Å². The molecule has 0 aliphatic heterocycles. The zero-order valence-corrected chi connectivity index (χ0v) is 13.2. The van der Waals surface area contributed by atoms with Crippen LogP contribution in [0.4, 0.5) is 0 Å². The molecule has 0 heterocycles. The Kier molecular flexibility index (Phi) is 7.11. The van der Waals surface area contributed by atoms with E-state index in [0.29, 0.717) is 12.1 Å². The van der Waals surface area contributed by atoms with Gasteiger partial charge in [0.25, 0.3) is 0 Å². The maximum Gasteiger partial charge on any atom is 0.0449 e. The van der Waals surface area contributed by atoms with Crippen LogP contribution >= 0.6 is 0 Å². The van der Waals surface area contributed by atoms with E-state index in [2.05, 4.69) is 75.3 Å². The van der Waals surface area contributed by atoms with Crippen LogP contribution in [0.15, 0.2) is 30.3 Å². The number of hydrogen-bond donors (Lipinski definition) is 1. The van der Waals surface area contributed by atoms with E-state index in [-0.39, 0.29) is 0 Å². The van der Waals surface area contributed by atoms with Crippen molar-refractivity contribution in [3.8, 4) is 0 Å². The first-order chi connectivity index (χ1) is 9.04. The highest BCUT2D eigenvalue weighted by Crippen LogP contribution is 2.17. The second kappa shape index (κ2) is 8.34. The fourth-order valence-corrected chi connectivity index (χ4v) is 2.55. The van der Waals surface area contributed by atoms with Crippen molar-refractivity contribution in [3.63, 3.8) is 0 Å². The highest BCUT2D eigenvalue weighted by Gasteiger charge is 2.17. The van der Waals surface area contributed by atoms with Crippen molar-refractivity contribution in [2.45, 2.75) is 46.2 Å². The Hall–Kier alpha value is -0.860. The van der Waals surface area contributed by atoms with Crippen molar-refractivity contribution in [2.24, 2.45) is 5.92 Å². The molecule has 2 unspecified atom stereocenters. The molecule has 0 saturated heterocycles. The summed E-state index contributed by atoms with van der Waals surface area (Å²) < 4.78 is 0. The maximum absolute atomic E-state index is 3.60. The topological polar surface area (TPSA) is 15.3 Å². The molecule has 0 fully saturated rings. The molecule has 2 heteroatoms. The van der Waals surface area contributed by atoms with Crippen molar-refractivity contribution in [1.29, 1.82) is 0 Å². The van der Waals surface area contributed by atoms with Gasteiger partial charge in [0, 0.05) is 18.6 Å². The lowest BCUT2D eigenvalue weighted by Crippen LogP contribution is -2.38. The first-order valence-corrected chi connectivity index (χ1v) is 7.53. The lowest BCUT2D eigenvalue weighted by atomic mass is 10.0. The van der Waals surface area contributed by atoms with Gasteiger partial charge in [-0.05, 0) is 38.4 Å². The number of hydrogen-bond acceptors (Lipinski definition) is 2. The van der Waals surface area contributed by atoms with Crippen LogP contribution in [-0.2, 0) is 0 Å². The fraction of sp³-hybridized carbons (Fsp3) is 0.647. The van der Waals surface area contributed by atoms with E-state index in [1.165, 1.54) is 12.0 Å². The van der Waals surface area contributed by atoms with E-state index in [4.69, 9.17) is 0 Å². The van der Waals surface area contributed by atoms with Crippen molar-refractivity contribution in [3.05, 3.63) is 35.9 Å². The average Bonchev–Trinajstić information content (AvgIpc) is 2.38. The molecule has 2 nitrogen and oxygen atoms in total. The first-order valence-electron chi connectivity index (χ1n) is 7.53. The Morgan fingerprint density at radius 2 is 1.74 bits per heavy atom. The molecule has 0 bridgehead atoms. The zero-order valence-electron chi connectivity index (χ0n) is 13.2. The van der Waals surface area contributed by atoms with Gasteiger partial charge in [-0.1, -0.05) is 51.1 Å². The SMILES string of the molecule is CCNC(CN(C)C(C)CC(C)C)c1ccccc1. The second-order valence-electron chi connectivity index (χ2n) is 5.94. The molecule has 1 rings (SSSR count). The molecule has 0 spiro atoms. The summed E-state index contributed by atoms with van der Waals surface area (Å²) in [5, 5.41) is 3.60. The third-order valence-corrected chi connectivity index (χ3v) is 3.69. The van der Waals surface area contributed by atoms with E-state index in [0.717, 1.165) is 19.0 Å². The minimum Gasteiger partial charge on any atom is -0.309 e. The van der Waals surface area contributed by atoms with Crippen LogP contribution in [0, 0.1) is 5.92 Å². The highest BCUT2D eigenvalue weighted by atomic mass is 15.1. The zero-order chi connectivity index (χ0) is 14.3. The van der Waals surface area contributed by atoms with Crippen LogP contribution < -0.4 is 5.32 Å². The molecule has 0 saturated carbocycles. The Labute approximate surface area is 119 Å². The van der Waals surface area contributed by atoms with Gasteiger partial charge in [0.2, 0.25) is 0 Å². The molecule has 108 valence electrons. The summed E-state index contributed by atoms with van der Waals surface area (Å²) in [6.45, 7) is 11.2. The number of likely N-dealkylation sites (N-methyl/N-ethyl adjacent to an activating group) is 2. The Balaban J connectivity index is 2.63. The van der Waals surface area contributed by atoms with Gasteiger partial charge in [-0.25, -0.2) is 0 Å². The third-order valence-electron chi connectivity index (χ3n) is 3.69. The predicted molar refractivity (Wildman–Crippen MR) is 84.4 cm³/mol. The molecule has 0 aliphatic carbocycles. The molecule has 19 heavy (non-hydrogen) atoms. The molecule has 0 radical (unpaired) electrons. The van der Waals surface area contributed by atoms with Crippen LogP contribution in [0.25, 0.3) is 0 Å². The van der Waals surface area contributed by atoms with E-state index in [1.54, 1.807) is 0 Å². The summed E-state index contributed by atoms with van der Waals surface area (Å²) in [7, 11) is 2.24.